The van der Waals surface area contributed by atoms with Gasteiger partial charge in [-0.3, -0.25) is 9.78 Å². The number of hydrogen-bond donors (Lipinski definition) is 1. The Bertz CT molecular complexity index is 330. The summed E-state index contributed by atoms with van der Waals surface area (Å²) < 4.78 is 4.53. The molecule has 15 heavy (non-hydrogen) atoms. The molecule has 0 radical (unpaired) electrons. The topological polar surface area (TPSA) is 59.4 Å². The molecule has 0 spiro atoms. The van der Waals surface area contributed by atoms with Crippen molar-refractivity contribution < 1.29 is 14.6 Å². The third-order valence-corrected chi connectivity index (χ3v) is 2.72. The Hall–Kier alpha value is -1.07. The summed E-state index contributed by atoms with van der Waals surface area (Å²) in [7, 11) is 1.38. The second-order valence-electron chi connectivity index (χ2n) is 2.86. The number of aliphatic hydroxyl groups excluding tert-OH is 1. The second-order valence-corrected chi connectivity index (χ2v) is 4.03. The standard InChI is InChI=1S/C10H13NO3S/c1-14-10(13)2-3-15-9-4-8(7-12)5-11-6-9/h4-6,12H,2-3,7H2,1H3. The molecular weight excluding hydrogens is 214 g/mol. The van der Waals surface area contributed by atoms with Crippen molar-refractivity contribution in [3.05, 3.63) is 24.0 Å². The van der Waals surface area contributed by atoms with Crippen molar-refractivity contribution in [2.45, 2.75) is 17.9 Å². The number of carbonyl (C=O) groups excluding carboxylic acids is 1. The molecule has 0 unspecified atom stereocenters. The highest BCUT2D eigenvalue weighted by Crippen LogP contribution is 2.18. The van der Waals surface area contributed by atoms with Crippen LogP contribution in [0.25, 0.3) is 0 Å². The highest BCUT2D eigenvalue weighted by atomic mass is 32.2. The Kier molecular flexibility index (Phi) is 5.14. The monoisotopic (exact) mass is 227 g/mol. The predicted octanol–water partition coefficient (Wildman–Crippen LogP) is 1.23. The minimum atomic E-state index is -0.214. The normalized spacial score (nSPS) is 10.0. The van der Waals surface area contributed by atoms with E-state index in [0.717, 1.165) is 10.5 Å². The van der Waals surface area contributed by atoms with E-state index in [0.29, 0.717) is 12.2 Å². The number of aromatic nitrogens is 1. The summed E-state index contributed by atoms with van der Waals surface area (Å²) in [6.07, 6.45) is 3.70. The van der Waals surface area contributed by atoms with Crippen LogP contribution >= 0.6 is 11.8 Å². The average Bonchev–Trinajstić information content (AvgIpc) is 2.29. The van der Waals surface area contributed by atoms with Gasteiger partial charge in [0.1, 0.15) is 0 Å². The van der Waals surface area contributed by atoms with Crippen molar-refractivity contribution in [3.8, 4) is 0 Å². The van der Waals surface area contributed by atoms with Gasteiger partial charge in [0.05, 0.1) is 20.1 Å². The van der Waals surface area contributed by atoms with Crippen molar-refractivity contribution in [3.63, 3.8) is 0 Å². The average molecular weight is 227 g/mol. The molecule has 0 saturated heterocycles. The number of hydrogen-bond acceptors (Lipinski definition) is 5. The molecule has 0 amide bonds. The third-order valence-electron chi connectivity index (χ3n) is 1.75. The van der Waals surface area contributed by atoms with Crippen LogP contribution in [0.3, 0.4) is 0 Å². The first-order valence-corrected chi connectivity index (χ1v) is 5.49. The van der Waals surface area contributed by atoms with Crippen LogP contribution in [-0.2, 0) is 16.1 Å². The van der Waals surface area contributed by atoms with Gasteiger partial charge in [0.2, 0.25) is 0 Å². The van der Waals surface area contributed by atoms with Gasteiger partial charge in [-0.15, -0.1) is 11.8 Å². The molecule has 0 bridgehead atoms. The van der Waals surface area contributed by atoms with Gasteiger partial charge in [-0.05, 0) is 11.6 Å². The Morgan fingerprint density at radius 3 is 3.07 bits per heavy atom. The zero-order valence-corrected chi connectivity index (χ0v) is 9.29. The molecule has 0 fully saturated rings. The molecule has 1 rings (SSSR count). The van der Waals surface area contributed by atoms with Gasteiger partial charge in [-0.2, -0.15) is 0 Å². The third kappa shape index (κ3) is 4.31. The number of carbonyl (C=O) groups is 1. The highest BCUT2D eigenvalue weighted by molar-refractivity contribution is 7.99. The lowest BCUT2D eigenvalue weighted by molar-refractivity contribution is -0.140. The lowest BCUT2D eigenvalue weighted by Gasteiger charge is -2.02. The van der Waals surface area contributed by atoms with E-state index in [9.17, 15) is 4.79 Å². The van der Waals surface area contributed by atoms with E-state index < -0.39 is 0 Å². The number of rotatable bonds is 5. The molecule has 1 heterocycles. The summed E-state index contributed by atoms with van der Waals surface area (Å²) >= 11 is 1.52. The molecule has 0 aliphatic rings. The first kappa shape index (κ1) is 12.0. The van der Waals surface area contributed by atoms with E-state index in [1.807, 2.05) is 6.07 Å². The van der Waals surface area contributed by atoms with Crippen molar-refractivity contribution in [1.82, 2.24) is 4.98 Å². The molecular formula is C10H13NO3S. The van der Waals surface area contributed by atoms with Gasteiger partial charge in [0.25, 0.3) is 0 Å². The fourth-order valence-corrected chi connectivity index (χ4v) is 1.86. The van der Waals surface area contributed by atoms with E-state index in [2.05, 4.69) is 9.72 Å². The molecule has 5 heteroatoms. The van der Waals surface area contributed by atoms with Gasteiger partial charge in [-0.1, -0.05) is 0 Å². The van der Waals surface area contributed by atoms with Crippen LogP contribution in [0.4, 0.5) is 0 Å². The molecule has 0 aliphatic heterocycles. The van der Waals surface area contributed by atoms with Crippen LogP contribution in [0.1, 0.15) is 12.0 Å². The van der Waals surface area contributed by atoms with Crippen LogP contribution in [0.2, 0.25) is 0 Å². The fourth-order valence-electron chi connectivity index (χ4n) is 0.983. The number of methoxy groups -OCH3 is 1. The number of nitrogens with zero attached hydrogens (tertiary/aromatic N) is 1. The molecule has 0 aliphatic carbocycles. The highest BCUT2D eigenvalue weighted by Gasteiger charge is 2.01. The molecule has 82 valence electrons. The summed E-state index contributed by atoms with van der Waals surface area (Å²) in [4.78, 5) is 15.8. The van der Waals surface area contributed by atoms with Crippen LogP contribution in [0.5, 0.6) is 0 Å². The largest absolute Gasteiger partial charge is 0.469 e. The number of pyridine rings is 1. The van der Waals surface area contributed by atoms with Crippen LogP contribution in [-0.4, -0.2) is 28.9 Å². The molecule has 1 aromatic heterocycles. The Labute approximate surface area is 92.7 Å². The number of aliphatic hydroxyl groups is 1. The Morgan fingerprint density at radius 1 is 1.60 bits per heavy atom. The van der Waals surface area contributed by atoms with Gasteiger partial charge < -0.3 is 9.84 Å². The zero-order valence-electron chi connectivity index (χ0n) is 8.47. The quantitative estimate of drug-likeness (QED) is 0.605. The van der Waals surface area contributed by atoms with Gasteiger partial charge >= 0.3 is 5.97 Å². The molecule has 1 N–H and O–H groups in total. The van der Waals surface area contributed by atoms with Crippen LogP contribution in [0.15, 0.2) is 23.4 Å². The van der Waals surface area contributed by atoms with E-state index in [1.165, 1.54) is 18.9 Å². The zero-order chi connectivity index (χ0) is 11.1. The number of esters is 1. The second kappa shape index (κ2) is 6.42. The van der Waals surface area contributed by atoms with Crippen molar-refractivity contribution >= 4 is 17.7 Å². The van der Waals surface area contributed by atoms with Gasteiger partial charge in [-0.25, -0.2) is 0 Å². The molecule has 0 atom stereocenters. The molecule has 1 aromatic rings. The summed E-state index contributed by atoms with van der Waals surface area (Å²) in [5, 5.41) is 8.89. The predicted molar refractivity (Wildman–Crippen MR) is 57.5 cm³/mol. The Balaban J connectivity index is 2.40. The lowest BCUT2D eigenvalue weighted by Crippen LogP contribution is -2.01. The molecule has 0 saturated carbocycles. The maximum absolute atomic E-state index is 10.8. The summed E-state index contributed by atoms with van der Waals surface area (Å²) in [6, 6.07) is 1.86. The van der Waals surface area contributed by atoms with E-state index in [1.54, 1.807) is 12.4 Å². The SMILES string of the molecule is COC(=O)CCSc1cncc(CO)c1. The minimum absolute atomic E-state index is 0.0155. The molecule has 4 nitrogen and oxygen atoms in total. The minimum Gasteiger partial charge on any atom is -0.469 e. The van der Waals surface area contributed by atoms with Crippen LogP contribution in [0, 0.1) is 0 Å². The molecule has 0 aromatic carbocycles. The van der Waals surface area contributed by atoms with E-state index >= 15 is 0 Å². The maximum atomic E-state index is 10.8. The van der Waals surface area contributed by atoms with Crippen molar-refractivity contribution in [1.29, 1.82) is 0 Å². The maximum Gasteiger partial charge on any atom is 0.306 e. The summed E-state index contributed by atoms with van der Waals surface area (Å²) in [6.45, 7) is -0.0155. The van der Waals surface area contributed by atoms with Crippen molar-refractivity contribution in [2.24, 2.45) is 0 Å². The van der Waals surface area contributed by atoms with Gasteiger partial charge in [0.15, 0.2) is 0 Å². The van der Waals surface area contributed by atoms with Crippen molar-refractivity contribution in [2.75, 3.05) is 12.9 Å². The summed E-state index contributed by atoms with van der Waals surface area (Å²) in [5.41, 5.74) is 0.776. The van der Waals surface area contributed by atoms with E-state index in [-0.39, 0.29) is 12.6 Å². The fraction of sp³-hybridized carbons (Fsp3) is 0.400. The van der Waals surface area contributed by atoms with Crippen LogP contribution < -0.4 is 0 Å². The smallest absolute Gasteiger partial charge is 0.306 e. The van der Waals surface area contributed by atoms with Gasteiger partial charge in [0, 0.05) is 23.0 Å². The Morgan fingerprint density at radius 2 is 2.40 bits per heavy atom. The first-order chi connectivity index (χ1) is 7.26. The number of thioether (sulfide) groups is 1. The number of ether oxygens (including phenoxy) is 1. The van der Waals surface area contributed by atoms with E-state index in [4.69, 9.17) is 5.11 Å². The summed E-state index contributed by atoms with van der Waals surface area (Å²) in [5.74, 6) is 0.442. The lowest BCUT2D eigenvalue weighted by atomic mass is 10.3. The first-order valence-electron chi connectivity index (χ1n) is 4.50.